The van der Waals surface area contributed by atoms with E-state index in [0.29, 0.717) is 6.42 Å². The van der Waals surface area contributed by atoms with Crippen molar-refractivity contribution in [2.75, 3.05) is 0 Å². The zero-order valence-electron chi connectivity index (χ0n) is 7.85. The zero-order valence-corrected chi connectivity index (χ0v) is 7.85. The maximum atomic E-state index is 11.5. The second-order valence-corrected chi connectivity index (χ2v) is 3.93. The molecule has 2 aliphatic heterocycles. The maximum Gasteiger partial charge on any atom is 0.308 e. The van der Waals surface area contributed by atoms with Gasteiger partial charge >= 0.3 is 5.97 Å². The molecule has 14 heavy (non-hydrogen) atoms. The second kappa shape index (κ2) is 3.12. The van der Waals surface area contributed by atoms with E-state index in [9.17, 15) is 9.59 Å². The number of hydrogen-bond acceptors (Lipinski definition) is 2. The lowest BCUT2D eigenvalue weighted by atomic mass is 9.89. The number of carbonyl (C=O) groups excluding carboxylic acids is 1. The highest BCUT2D eigenvalue weighted by molar-refractivity contribution is 5.89. The fourth-order valence-corrected chi connectivity index (χ4v) is 2.70. The molecule has 2 rings (SSSR count). The fourth-order valence-electron chi connectivity index (χ4n) is 2.70. The van der Waals surface area contributed by atoms with Crippen LogP contribution in [-0.2, 0) is 9.59 Å². The van der Waals surface area contributed by atoms with Crippen LogP contribution in [0.2, 0.25) is 0 Å². The first-order valence-electron chi connectivity index (χ1n) is 4.82. The van der Waals surface area contributed by atoms with E-state index in [1.54, 1.807) is 4.90 Å². The lowest BCUT2D eigenvalue weighted by Crippen LogP contribution is -2.36. The number of fused-ring (bicyclic) bond motifs is 2. The number of aliphatic carboxylic acids is 1. The Morgan fingerprint density at radius 2 is 2.14 bits per heavy atom. The predicted octanol–water partition coefficient (Wildman–Crippen LogP) is 0.636. The molecular formula is C10H13NO3. The Hall–Kier alpha value is -1.32. The van der Waals surface area contributed by atoms with E-state index < -0.39 is 5.97 Å². The number of carboxylic acid groups (broad SMARTS) is 1. The molecule has 4 nitrogen and oxygen atoms in total. The molecule has 0 radical (unpaired) electrons. The van der Waals surface area contributed by atoms with Crippen molar-refractivity contribution in [2.45, 2.75) is 31.3 Å². The molecule has 76 valence electrons. The largest absolute Gasteiger partial charge is 0.481 e. The zero-order chi connectivity index (χ0) is 10.3. The van der Waals surface area contributed by atoms with Crippen LogP contribution in [0.15, 0.2) is 12.7 Å². The summed E-state index contributed by atoms with van der Waals surface area (Å²) in [6.07, 6.45) is 3.64. The minimum absolute atomic E-state index is 0.0944. The second-order valence-electron chi connectivity index (χ2n) is 3.93. The highest BCUT2D eigenvalue weighted by atomic mass is 16.4. The van der Waals surface area contributed by atoms with Crippen LogP contribution in [0.5, 0.6) is 0 Å². The smallest absolute Gasteiger partial charge is 0.308 e. The molecule has 3 atom stereocenters. The number of amides is 1. The molecule has 0 aromatic rings. The van der Waals surface area contributed by atoms with Crippen LogP contribution in [-0.4, -0.2) is 34.0 Å². The summed E-state index contributed by atoms with van der Waals surface area (Å²) in [6, 6.07) is 0.0367. The van der Waals surface area contributed by atoms with E-state index in [1.807, 2.05) is 0 Å². The summed E-state index contributed by atoms with van der Waals surface area (Å²) < 4.78 is 0. The summed E-state index contributed by atoms with van der Waals surface area (Å²) in [7, 11) is 0. The third kappa shape index (κ3) is 1.14. The molecule has 1 N–H and O–H groups in total. The van der Waals surface area contributed by atoms with Crippen LogP contribution in [0, 0.1) is 5.92 Å². The molecule has 2 saturated heterocycles. The van der Waals surface area contributed by atoms with Crippen molar-refractivity contribution in [1.82, 2.24) is 4.90 Å². The third-order valence-electron chi connectivity index (χ3n) is 3.28. The molecule has 0 aromatic carbocycles. The van der Waals surface area contributed by atoms with Gasteiger partial charge in [-0.2, -0.15) is 0 Å². The van der Waals surface area contributed by atoms with Gasteiger partial charge in [0.25, 0.3) is 0 Å². The Morgan fingerprint density at radius 3 is 2.64 bits per heavy atom. The van der Waals surface area contributed by atoms with Gasteiger partial charge in [0, 0.05) is 12.1 Å². The lowest BCUT2D eigenvalue weighted by molar-refractivity contribution is -0.143. The molecule has 2 fully saturated rings. The number of carboxylic acids is 1. The van der Waals surface area contributed by atoms with E-state index in [-0.39, 0.29) is 23.9 Å². The van der Waals surface area contributed by atoms with Gasteiger partial charge in [0.05, 0.1) is 5.92 Å². The molecular weight excluding hydrogens is 182 g/mol. The minimum atomic E-state index is -0.779. The van der Waals surface area contributed by atoms with E-state index >= 15 is 0 Å². The van der Waals surface area contributed by atoms with E-state index in [1.165, 1.54) is 6.08 Å². The number of hydrogen-bond donors (Lipinski definition) is 1. The van der Waals surface area contributed by atoms with Gasteiger partial charge in [-0.05, 0) is 25.3 Å². The van der Waals surface area contributed by atoms with Crippen molar-refractivity contribution in [1.29, 1.82) is 0 Å². The van der Waals surface area contributed by atoms with Crippen molar-refractivity contribution in [2.24, 2.45) is 5.92 Å². The molecule has 3 unspecified atom stereocenters. The van der Waals surface area contributed by atoms with Crippen molar-refractivity contribution in [3.8, 4) is 0 Å². The molecule has 2 aliphatic rings. The van der Waals surface area contributed by atoms with Gasteiger partial charge < -0.3 is 10.0 Å². The third-order valence-corrected chi connectivity index (χ3v) is 3.28. The highest BCUT2D eigenvalue weighted by Crippen LogP contribution is 2.41. The molecule has 0 saturated carbocycles. The summed E-state index contributed by atoms with van der Waals surface area (Å²) in [5.74, 6) is -1.27. The van der Waals surface area contributed by atoms with Crippen molar-refractivity contribution in [3.05, 3.63) is 12.7 Å². The summed E-state index contributed by atoms with van der Waals surface area (Å²) in [5.41, 5.74) is 0. The number of nitrogens with zero attached hydrogens (tertiary/aromatic N) is 1. The molecule has 2 heterocycles. The maximum absolute atomic E-state index is 11.5. The van der Waals surface area contributed by atoms with E-state index in [4.69, 9.17) is 5.11 Å². The Balaban J connectivity index is 2.19. The van der Waals surface area contributed by atoms with E-state index in [0.717, 1.165) is 12.8 Å². The monoisotopic (exact) mass is 195 g/mol. The molecule has 4 heteroatoms. The van der Waals surface area contributed by atoms with Gasteiger partial charge in [0.15, 0.2) is 0 Å². The minimum Gasteiger partial charge on any atom is -0.481 e. The topological polar surface area (TPSA) is 57.6 Å². The first kappa shape index (κ1) is 9.24. The SMILES string of the molecule is C=CC(=O)N1C2CCC1C(C(=O)O)C2. The summed E-state index contributed by atoms with van der Waals surface area (Å²) in [4.78, 5) is 24.0. The number of carbonyl (C=O) groups is 2. The number of rotatable bonds is 2. The van der Waals surface area contributed by atoms with Gasteiger partial charge in [-0.25, -0.2) is 0 Å². The van der Waals surface area contributed by atoms with Crippen LogP contribution in [0.3, 0.4) is 0 Å². The molecule has 0 aliphatic carbocycles. The highest BCUT2D eigenvalue weighted by Gasteiger charge is 2.50. The average Bonchev–Trinajstić information content (AvgIpc) is 2.73. The van der Waals surface area contributed by atoms with E-state index in [2.05, 4.69) is 6.58 Å². The van der Waals surface area contributed by atoms with Gasteiger partial charge in [-0.1, -0.05) is 6.58 Å². The summed E-state index contributed by atoms with van der Waals surface area (Å²) in [6.45, 7) is 3.43. The molecule has 2 bridgehead atoms. The van der Waals surface area contributed by atoms with Gasteiger partial charge in [0.1, 0.15) is 0 Å². The standard InChI is InChI=1S/C10H13NO3/c1-2-9(12)11-6-3-4-8(11)7(5-6)10(13)14/h2,6-8H,1,3-5H2,(H,13,14). The normalized spacial score (nSPS) is 34.6. The first-order chi connectivity index (χ1) is 6.65. The van der Waals surface area contributed by atoms with Crippen LogP contribution >= 0.6 is 0 Å². The average molecular weight is 195 g/mol. The van der Waals surface area contributed by atoms with Crippen molar-refractivity contribution in [3.63, 3.8) is 0 Å². The van der Waals surface area contributed by atoms with Crippen LogP contribution in [0.25, 0.3) is 0 Å². The van der Waals surface area contributed by atoms with Crippen molar-refractivity contribution >= 4 is 11.9 Å². The van der Waals surface area contributed by atoms with Crippen LogP contribution in [0.4, 0.5) is 0 Å². The van der Waals surface area contributed by atoms with Gasteiger partial charge in [-0.15, -0.1) is 0 Å². The van der Waals surface area contributed by atoms with Gasteiger partial charge in [0.2, 0.25) is 5.91 Å². The Morgan fingerprint density at radius 1 is 1.43 bits per heavy atom. The van der Waals surface area contributed by atoms with Crippen LogP contribution in [0.1, 0.15) is 19.3 Å². The Labute approximate surface area is 82.2 Å². The summed E-state index contributed by atoms with van der Waals surface area (Å²) >= 11 is 0. The van der Waals surface area contributed by atoms with Crippen LogP contribution < -0.4 is 0 Å². The molecule has 0 spiro atoms. The Bertz CT molecular complexity index is 300. The summed E-state index contributed by atoms with van der Waals surface area (Å²) in [5, 5.41) is 8.94. The predicted molar refractivity (Wildman–Crippen MR) is 49.6 cm³/mol. The lowest BCUT2D eigenvalue weighted by Gasteiger charge is -2.21. The Kier molecular flexibility index (Phi) is 2.06. The van der Waals surface area contributed by atoms with Crippen molar-refractivity contribution < 1.29 is 14.7 Å². The fraction of sp³-hybridized carbons (Fsp3) is 0.600. The van der Waals surface area contributed by atoms with Gasteiger partial charge in [-0.3, -0.25) is 9.59 Å². The molecule has 1 amide bonds. The molecule has 0 aromatic heterocycles. The quantitative estimate of drug-likeness (QED) is 0.658. The first-order valence-corrected chi connectivity index (χ1v) is 4.82.